The van der Waals surface area contributed by atoms with Crippen molar-refractivity contribution in [3.63, 3.8) is 0 Å². The predicted octanol–water partition coefficient (Wildman–Crippen LogP) is -0.943. The van der Waals surface area contributed by atoms with Gasteiger partial charge >= 0.3 is 6.72 Å². The number of H-pyrrole nitrogens is 1. The average molecular weight is 681 g/mol. The van der Waals surface area contributed by atoms with Crippen LogP contribution in [0.25, 0.3) is 28.1 Å². The second-order valence-electron chi connectivity index (χ2n) is 11.4. The fraction of sp³-hybridized carbons (Fsp3) is 0.500. The molecule has 3 unspecified atom stereocenters. The number of aromatic nitrogens is 9. The summed E-state index contributed by atoms with van der Waals surface area (Å²) in [7, 11) is 1.38. The van der Waals surface area contributed by atoms with E-state index in [1.54, 1.807) is 0 Å². The Morgan fingerprint density at radius 2 is 1.91 bits per heavy atom. The number of ether oxygens (including phenoxy) is 3. The number of hydrogen-bond acceptors (Lipinski definition) is 15. The lowest BCUT2D eigenvalue weighted by Crippen LogP contribution is -2.44. The number of nitrogens with two attached hydrogens (primary N) is 1. The van der Waals surface area contributed by atoms with E-state index >= 15 is 4.39 Å². The molecule has 0 aromatic carbocycles. The van der Waals surface area contributed by atoms with Crippen LogP contribution < -0.4 is 11.3 Å². The number of halogens is 1. The topological polar surface area (TPSA) is 244 Å². The number of nitrogens with one attached hydrogen (secondary N) is 1. The van der Waals surface area contributed by atoms with Crippen molar-refractivity contribution in [2.45, 2.75) is 61.2 Å². The van der Waals surface area contributed by atoms with Gasteiger partial charge in [-0.3, -0.25) is 18.5 Å². The van der Waals surface area contributed by atoms with Gasteiger partial charge in [-0.05, 0) is 18.7 Å². The third-order valence-electron chi connectivity index (χ3n) is 8.71. The zero-order chi connectivity index (χ0) is 32.3. The Bertz CT molecular complexity index is 2130. The Labute approximate surface area is 260 Å². The van der Waals surface area contributed by atoms with E-state index in [0.717, 1.165) is 0 Å². The maximum Gasteiger partial charge on any atom is 0.325 e. The molecule has 10 atom stereocenters. The molecule has 0 spiro atoms. The van der Waals surface area contributed by atoms with E-state index in [9.17, 15) is 19.9 Å². The molecule has 22 heteroatoms. The monoisotopic (exact) mass is 680 g/mol. The molecule has 0 bridgehead atoms. The lowest BCUT2D eigenvalue weighted by Gasteiger charge is -2.32. The summed E-state index contributed by atoms with van der Waals surface area (Å²) in [6.07, 6.45) is -2.37. The molecule has 46 heavy (non-hydrogen) atoms. The molecule has 3 aliphatic rings. The first-order chi connectivity index (χ1) is 21.9. The van der Waals surface area contributed by atoms with E-state index in [-0.39, 0.29) is 22.8 Å². The van der Waals surface area contributed by atoms with Crippen molar-refractivity contribution in [2.75, 3.05) is 19.5 Å². The molecule has 0 amide bonds. The highest BCUT2D eigenvalue weighted by atomic mass is 32.5. The summed E-state index contributed by atoms with van der Waals surface area (Å²) in [5, 5.41) is 21.5. The first kappa shape index (κ1) is 29.9. The molecule has 19 nitrogen and oxygen atoms in total. The molecule has 0 radical (unpaired) electrons. The molecular formula is C24H26FN10O9PS. The summed E-state index contributed by atoms with van der Waals surface area (Å²) in [4.78, 5) is 47.6. The van der Waals surface area contributed by atoms with E-state index in [4.69, 9.17) is 40.8 Å². The number of hydrogen-bond donors (Lipinski definition) is 5. The van der Waals surface area contributed by atoms with Crippen LogP contribution in [0.15, 0.2) is 36.2 Å². The Hall–Kier alpha value is -3.50. The quantitative estimate of drug-likeness (QED) is 0.124. The molecule has 2 saturated heterocycles. The molecule has 6 N–H and O–H groups in total. The van der Waals surface area contributed by atoms with Crippen molar-refractivity contribution in [1.82, 2.24) is 43.4 Å². The van der Waals surface area contributed by atoms with Gasteiger partial charge in [-0.15, -0.1) is 0 Å². The minimum atomic E-state index is -4.34. The number of imidazole rings is 3. The summed E-state index contributed by atoms with van der Waals surface area (Å²) in [5.74, 6) is 0.342. The number of aromatic amines is 1. The zero-order valence-electron chi connectivity index (χ0n) is 23.8. The lowest BCUT2D eigenvalue weighted by molar-refractivity contribution is -0.117. The molecule has 7 heterocycles. The highest BCUT2D eigenvalue weighted by Crippen LogP contribution is 2.62. The zero-order valence-corrected chi connectivity index (χ0v) is 25.5. The molecule has 244 valence electrons. The summed E-state index contributed by atoms with van der Waals surface area (Å²) in [5.41, 5.74) is 2.22. The molecule has 5 aromatic heterocycles. The van der Waals surface area contributed by atoms with Gasteiger partial charge in [-0.2, -0.15) is 0 Å². The van der Waals surface area contributed by atoms with E-state index in [1.807, 2.05) is 0 Å². The minimum absolute atomic E-state index is 0.00364. The molecule has 5 aromatic rings. The summed E-state index contributed by atoms with van der Waals surface area (Å²) >= 11 is 5.27. The number of aliphatic hydroxyl groups is 2. The Morgan fingerprint density at radius 1 is 1.15 bits per heavy atom. The number of anilines is 1. The smallest absolute Gasteiger partial charge is 0.325 e. The maximum absolute atomic E-state index is 16.0. The van der Waals surface area contributed by atoms with Gasteiger partial charge in [0.15, 0.2) is 41.2 Å². The summed E-state index contributed by atoms with van der Waals surface area (Å²) in [6, 6.07) is 0. The maximum atomic E-state index is 16.0. The number of methoxy groups -OCH3 is 1. The fourth-order valence-electron chi connectivity index (χ4n) is 6.17. The van der Waals surface area contributed by atoms with Crippen LogP contribution in [0.2, 0.25) is 0 Å². The third-order valence-corrected chi connectivity index (χ3v) is 10.2. The van der Waals surface area contributed by atoms with Crippen molar-refractivity contribution in [1.29, 1.82) is 0 Å². The number of nitrogen functional groups attached to an aromatic ring is 1. The number of nitrogens with zero attached hydrogens (tertiary/aromatic N) is 8. The van der Waals surface area contributed by atoms with Crippen LogP contribution in [0.1, 0.15) is 19.4 Å². The van der Waals surface area contributed by atoms with E-state index in [1.165, 1.54) is 58.9 Å². The van der Waals surface area contributed by atoms with Crippen LogP contribution in [-0.2, 0) is 35.1 Å². The molecule has 8 rings (SSSR count). The normalized spacial score (nSPS) is 35.3. The first-order valence-electron chi connectivity index (χ1n) is 13.8. The van der Waals surface area contributed by atoms with Crippen LogP contribution in [0.4, 0.5) is 10.2 Å². The Morgan fingerprint density at radius 3 is 2.70 bits per heavy atom. The van der Waals surface area contributed by atoms with Gasteiger partial charge in [0.1, 0.15) is 47.5 Å². The Kier molecular flexibility index (Phi) is 6.49. The average Bonchev–Trinajstić information content (AvgIpc) is 3.70. The van der Waals surface area contributed by atoms with Crippen LogP contribution in [0.5, 0.6) is 0 Å². The fourth-order valence-corrected chi connectivity index (χ4v) is 7.64. The largest absolute Gasteiger partial charge is 0.387 e. The van der Waals surface area contributed by atoms with Gasteiger partial charge in [0.2, 0.25) is 5.78 Å². The molecule has 1 saturated carbocycles. The number of fused-ring (bicyclic) bond motifs is 4. The number of alkyl halides is 1. The minimum Gasteiger partial charge on any atom is -0.387 e. The first-order valence-corrected chi connectivity index (χ1v) is 16.4. The van der Waals surface area contributed by atoms with Crippen LogP contribution in [0, 0.1) is 0 Å². The van der Waals surface area contributed by atoms with Gasteiger partial charge in [-0.25, -0.2) is 33.7 Å². The van der Waals surface area contributed by atoms with Crippen LogP contribution in [-0.4, -0.2) is 114 Å². The van der Waals surface area contributed by atoms with Crippen LogP contribution >= 0.6 is 6.72 Å². The van der Waals surface area contributed by atoms with Crippen molar-refractivity contribution in [3.05, 3.63) is 41.7 Å². The van der Waals surface area contributed by atoms with Crippen molar-refractivity contribution in [3.8, 4) is 0 Å². The van der Waals surface area contributed by atoms with Crippen molar-refractivity contribution >= 4 is 52.4 Å². The highest BCUT2D eigenvalue weighted by Gasteiger charge is 2.80. The van der Waals surface area contributed by atoms with Crippen molar-refractivity contribution in [2.24, 2.45) is 0 Å². The second kappa shape index (κ2) is 10.0. The summed E-state index contributed by atoms with van der Waals surface area (Å²) < 4.78 is 48.9. The van der Waals surface area contributed by atoms with Gasteiger partial charge in [-0.1, -0.05) is 0 Å². The van der Waals surface area contributed by atoms with E-state index in [0.29, 0.717) is 11.2 Å². The molecule has 3 fully saturated rings. The number of rotatable bonds is 8. The van der Waals surface area contributed by atoms with Gasteiger partial charge in [0.25, 0.3) is 5.56 Å². The van der Waals surface area contributed by atoms with Gasteiger partial charge in [0, 0.05) is 19.5 Å². The SMILES string of the molecule is CO[C@H]1[C@H](n2cnc3c(N)ncnc32)O[C@](C)(COP(O)(=S)OC2[C@H](n3cnc4c(=O)n5ccnc5[nH]c43)O[C@@H]3C(O)[C@]23F)[C@H]1O. The molecular weight excluding hydrogens is 654 g/mol. The van der Waals surface area contributed by atoms with E-state index < -0.39 is 73.1 Å². The Balaban J connectivity index is 1.05. The summed E-state index contributed by atoms with van der Waals surface area (Å²) in [6.45, 7) is -3.36. The molecule has 1 aliphatic carbocycles. The van der Waals surface area contributed by atoms with E-state index in [2.05, 4.69) is 29.9 Å². The number of aliphatic hydroxyl groups excluding tert-OH is 2. The van der Waals surface area contributed by atoms with Gasteiger partial charge < -0.3 is 44.6 Å². The second-order valence-corrected chi connectivity index (χ2v) is 14.2. The lowest BCUT2D eigenvalue weighted by atomic mass is 9.98. The van der Waals surface area contributed by atoms with Gasteiger partial charge in [0.05, 0.1) is 19.3 Å². The van der Waals surface area contributed by atoms with Crippen LogP contribution in [0.3, 0.4) is 0 Å². The standard InChI is InChI=1S/C24H26FN10O9PS/c1-23(12(36)11(40-2)20(43-23)34-7-30-9-16(26)28-6-29-17(9)34)5-41-45(39,46)44-15-21(42-14-13(37)24(14,15)25)35-8-31-10-18(35)32-22-27-3-4-33(22)19(10)38/h3-4,6-8,11-15,20-21,36-37H,5H2,1-2H3,(H,27,32)(H,39,46)(H2,26,28,29)/t11-,12+,13?,14-,15?,20-,21-,23-,24-,45?/m1/s1. The predicted molar refractivity (Wildman–Crippen MR) is 155 cm³/mol. The molecule has 2 aliphatic heterocycles. The highest BCUT2D eigenvalue weighted by molar-refractivity contribution is 8.07. The third kappa shape index (κ3) is 4.14. The van der Waals surface area contributed by atoms with Crippen molar-refractivity contribution < 1.29 is 42.8 Å².